The van der Waals surface area contributed by atoms with Gasteiger partial charge in [0.1, 0.15) is 5.54 Å². The summed E-state index contributed by atoms with van der Waals surface area (Å²) in [5, 5.41) is 2.94. The zero-order valence-corrected chi connectivity index (χ0v) is 14.3. The number of likely N-dealkylation sites (N-methyl/N-ethyl adjacent to an activating group) is 1. The Kier molecular flexibility index (Phi) is 4.92. The number of ether oxygens (including phenoxy) is 1. The molecule has 2 heterocycles. The zero-order chi connectivity index (χ0) is 16.4. The number of imide groups is 1. The molecule has 0 bridgehead atoms. The van der Waals surface area contributed by atoms with E-state index >= 15 is 0 Å². The van der Waals surface area contributed by atoms with Crippen LogP contribution in [0, 0.1) is 11.8 Å². The number of carbonyl (C=O) groups is 2. The van der Waals surface area contributed by atoms with Gasteiger partial charge in [0, 0.05) is 32.2 Å². The summed E-state index contributed by atoms with van der Waals surface area (Å²) in [6.07, 6.45) is 4.69. The first-order valence-electron chi connectivity index (χ1n) is 8.98. The maximum absolute atomic E-state index is 12.6. The molecule has 3 fully saturated rings. The Morgan fingerprint density at radius 3 is 2.74 bits per heavy atom. The quantitative estimate of drug-likeness (QED) is 0.569. The van der Waals surface area contributed by atoms with Gasteiger partial charge in [0.25, 0.3) is 5.91 Å². The van der Waals surface area contributed by atoms with Gasteiger partial charge in [-0.1, -0.05) is 0 Å². The van der Waals surface area contributed by atoms with Crippen LogP contribution >= 0.6 is 0 Å². The average molecular weight is 323 g/mol. The molecule has 3 rings (SSSR count). The second kappa shape index (κ2) is 6.77. The molecule has 2 saturated heterocycles. The molecular formula is C17H29N3O3. The predicted octanol–water partition coefficient (Wildman–Crippen LogP) is 1.46. The molecule has 0 spiro atoms. The maximum Gasteiger partial charge on any atom is 0.325 e. The van der Waals surface area contributed by atoms with Crippen LogP contribution in [0.15, 0.2) is 0 Å². The monoisotopic (exact) mass is 323 g/mol. The Balaban J connectivity index is 1.52. The zero-order valence-electron chi connectivity index (χ0n) is 14.3. The number of nitrogens with zero attached hydrogens (tertiary/aromatic N) is 2. The smallest absolute Gasteiger partial charge is 0.325 e. The van der Waals surface area contributed by atoms with Crippen molar-refractivity contribution in [3.63, 3.8) is 0 Å². The van der Waals surface area contributed by atoms with Crippen LogP contribution in [0.2, 0.25) is 0 Å². The van der Waals surface area contributed by atoms with Gasteiger partial charge in [-0.3, -0.25) is 9.69 Å². The molecule has 23 heavy (non-hydrogen) atoms. The SMILES string of the molecule is CCN1C(=O)NC(C)(C2CCCN(CCOCC3CC3)C2)C1=O. The van der Waals surface area contributed by atoms with E-state index in [4.69, 9.17) is 4.74 Å². The molecule has 3 aliphatic rings. The first-order chi connectivity index (χ1) is 11.0. The minimum atomic E-state index is -0.749. The fraction of sp³-hybridized carbons (Fsp3) is 0.882. The number of hydrogen-bond donors (Lipinski definition) is 1. The molecule has 0 radical (unpaired) electrons. The average Bonchev–Trinajstić information content (AvgIpc) is 3.33. The highest BCUT2D eigenvalue weighted by Crippen LogP contribution is 2.32. The van der Waals surface area contributed by atoms with Crippen LogP contribution in [0.4, 0.5) is 4.79 Å². The van der Waals surface area contributed by atoms with Gasteiger partial charge in [-0.25, -0.2) is 4.79 Å². The van der Waals surface area contributed by atoms with Crippen LogP contribution in [-0.4, -0.2) is 66.7 Å². The Labute approximate surface area is 138 Å². The number of hydrogen-bond acceptors (Lipinski definition) is 4. The third-order valence-corrected chi connectivity index (χ3v) is 5.54. The molecule has 0 aromatic carbocycles. The summed E-state index contributed by atoms with van der Waals surface area (Å²) in [6.45, 7) is 8.65. The number of urea groups is 1. The van der Waals surface area contributed by atoms with Gasteiger partial charge in [-0.15, -0.1) is 0 Å². The second-order valence-electron chi connectivity index (χ2n) is 7.34. The molecule has 1 N–H and O–H groups in total. The number of nitrogens with one attached hydrogen (secondary N) is 1. The largest absolute Gasteiger partial charge is 0.380 e. The summed E-state index contributed by atoms with van der Waals surface area (Å²) in [4.78, 5) is 28.3. The Hall–Kier alpha value is -1.14. The van der Waals surface area contributed by atoms with Crippen LogP contribution in [0.25, 0.3) is 0 Å². The summed E-state index contributed by atoms with van der Waals surface area (Å²) in [6, 6.07) is -0.245. The highest BCUT2D eigenvalue weighted by atomic mass is 16.5. The summed E-state index contributed by atoms with van der Waals surface area (Å²) in [7, 11) is 0. The van der Waals surface area contributed by atoms with E-state index in [1.165, 1.54) is 17.7 Å². The molecule has 1 aliphatic carbocycles. The lowest BCUT2D eigenvalue weighted by Gasteiger charge is -2.39. The minimum absolute atomic E-state index is 0.0677. The molecule has 2 atom stereocenters. The third kappa shape index (κ3) is 3.53. The molecule has 0 aromatic rings. The molecule has 6 nitrogen and oxygen atoms in total. The summed E-state index contributed by atoms with van der Waals surface area (Å²) in [5.74, 6) is 0.906. The highest BCUT2D eigenvalue weighted by molar-refractivity contribution is 6.07. The molecular weight excluding hydrogens is 294 g/mol. The van der Waals surface area contributed by atoms with Gasteiger partial charge in [-0.05, 0) is 52.0 Å². The minimum Gasteiger partial charge on any atom is -0.380 e. The first kappa shape index (κ1) is 16.7. The van der Waals surface area contributed by atoms with E-state index in [2.05, 4.69) is 10.2 Å². The molecule has 6 heteroatoms. The summed E-state index contributed by atoms with van der Waals surface area (Å²) >= 11 is 0. The van der Waals surface area contributed by atoms with Gasteiger partial charge in [0.2, 0.25) is 0 Å². The number of rotatable bonds is 7. The van der Waals surface area contributed by atoms with Crippen molar-refractivity contribution in [3.8, 4) is 0 Å². The van der Waals surface area contributed by atoms with E-state index in [0.29, 0.717) is 6.54 Å². The van der Waals surface area contributed by atoms with Gasteiger partial charge in [0.15, 0.2) is 0 Å². The number of likely N-dealkylation sites (tertiary alicyclic amines) is 1. The van der Waals surface area contributed by atoms with Crippen molar-refractivity contribution in [2.45, 2.75) is 45.1 Å². The van der Waals surface area contributed by atoms with Crippen molar-refractivity contribution in [1.82, 2.24) is 15.1 Å². The fourth-order valence-electron chi connectivity index (χ4n) is 3.74. The number of carbonyl (C=O) groups excluding carboxylic acids is 2. The normalized spacial score (nSPS) is 32.4. The summed E-state index contributed by atoms with van der Waals surface area (Å²) < 4.78 is 5.73. The molecule has 0 aromatic heterocycles. The predicted molar refractivity (Wildman–Crippen MR) is 87.0 cm³/mol. The molecule has 2 aliphatic heterocycles. The molecule has 2 unspecified atom stereocenters. The highest BCUT2D eigenvalue weighted by Gasteiger charge is 2.52. The lowest BCUT2D eigenvalue weighted by Crippen LogP contribution is -2.56. The van der Waals surface area contributed by atoms with E-state index in [-0.39, 0.29) is 17.9 Å². The van der Waals surface area contributed by atoms with E-state index in [9.17, 15) is 9.59 Å². The van der Waals surface area contributed by atoms with E-state index in [1.54, 1.807) is 0 Å². The second-order valence-corrected chi connectivity index (χ2v) is 7.34. The Morgan fingerprint density at radius 2 is 2.09 bits per heavy atom. The number of piperidine rings is 1. The standard InChI is InChI=1S/C17H29N3O3/c1-3-20-15(21)17(2,18-16(20)22)14-5-4-8-19(11-14)9-10-23-12-13-6-7-13/h13-14H,3-12H2,1-2H3,(H,18,22). The van der Waals surface area contributed by atoms with Crippen molar-refractivity contribution in [1.29, 1.82) is 0 Å². The first-order valence-corrected chi connectivity index (χ1v) is 8.98. The van der Waals surface area contributed by atoms with Crippen molar-refractivity contribution in [3.05, 3.63) is 0 Å². The number of amides is 3. The van der Waals surface area contributed by atoms with Crippen LogP contribution in [-0.2, 0) is 9.53 Å². The Morgan fingerprint density at radius 1 is 1.30 bits per heavy atom. The lowest BCUT2D eigenvalue weighted by atomic mass is 9.80. The third-order valence-electron chi connectivity index (χ3n) is 5.54. The van der Waals surface area contributed by atoms with Crippen LogP contribution in [0.3, 0.4) is 0 Å². The summed E-state index contributed by atoms with van der Waals surface area (Å²) in [5.41, 5.74) is -0.749. The van der Waals surface area contributed by atoms with Crippen molar-refractivity contribution < 1.29 is 14.3 Å². The Bertz CT molecular complexity index is 466. The van der Waals surface area contributed by atoms with E-state index < -0.39 is 5.54 Å². The lowest BCUT2D eigenvalue weighted by molar-refractivity contribution is -0.133. The van der Waals surface area contributed by atoms with Gasteiger partial charge in [0.05, 0.1) is 6.61 Å². The van der Waals surface area contributed by atoms with Crippen LogP contribution in [0.5, 0.6) is 0 Å². The molecule has 3 amide bonds. The maximum atomic E-state index is 12.6. The van der Waals surface area contributed by atoms with E-state index in [0.717, 1.165) is 51.6 Å². The van der Waals surface area contributed by atoms with Crippen molar-refractivity contribution in [2.75, 3.05) is 39.4 Å². The van der Waals surface area contributed by atoms with Crippen molar-refractivity contribution in [2.24, 2.45) is 11.8 Å². The van der Waals surface area contributed by atoms with Gasteiger partial charge < -0.3 is 15.0 Å². The van der Waals surface area contributed by atoms with Gasteiger partial charge in [-0.2, -0.15) is 0 Å². The fourth-order valence-corrected chi connectivity index (χ4v) is 3.74. The van der Waals surface area contributed by atoms with Gasteiger partial charge >= 0.3 is 6.03 Å². The van der Waals surface area contributed by atoms with Crippen LogP contribution in [0.1, 0.15) is 39.5 Å². The van der Waals surface area contributed by atoms with Crippen molar-refractivity contribution >= 4 is 11.9 Å². The molecule has 130 valence electrons. The van der Waals surface area contributed by atoms with E-state index in [1.807, 2.05) is 13.8 Å². The van der Waals surface area contributed by atoms with Crippen LogP contribution < -0.4 is 5.32 Å². The topological polar surface area (TPSA) is 61.9 Å². The molecule has 1 saturated carbocycles.